The van der Waals surface area contributed by atoms with Crippen molar-refractivity contribution < 1.29 is 9.53 Å². The Morgan fingerprint density at radius 1 is 1.19 bits per heavy atom. The minimum absolute atomic E-state index is 0. The van der Waals surface area contributed by atoms with Crippen molar-refractivity contribution >= 4 is 41.5 Å². The Kier molecular flexibility index (Phi) is 9.77. The molecule has 0 saturated carbocycles. The first-order valence-electron chi connectivity index (χ1n) is 10.5. The maximum absolute atomic E-state index is 11.8. The van der Waals surface area contributed by atoms with Gasteiger partial charge in [0.2, 0.25) is 5.91 Å². The third kappa shape index (κ3) is 6.93. The van der Waals surface area contributed by atoms with Crippen LogP contribution in [0, 0.1) is 12.8 Å². The van der Waals surface area contributed by atoms with Gasteiger partial charge in [-0.2, -0.15) is 0 Å². The van der Waals surface area contributed by atoms with E-state index in [9.17, 15) is 4.79 Å². The Morgan fingerprint density at radius 2 is 1.90 bits per heavy atom. The van der Waals surface area contributed by atoms with E-state index in [-0.39, 0.29) is 41.9 Å². The first-order valence-corrected chi connectivity index (χ1v) is 10.5. The summed E-state index contributed by atoms with van der Waals surface area (Å²) in [5, 5.41) is 6.37. The highest BCUT2D eigenvalue weighted by Gasteiger charge is 2.25. The summed E-state index contributed by atoms with van der Waals surface area (Å²) < 4.78 is 6.04. The summed E-state index contributed by atoms with van der Waals surface area (Å²) in [5.41, 5.74) is 4.42. The second-order valence-electron chi connectivity index (χ2n) is 7.90. The molecule has 6 nitrogen and oxygen atoms in total. The number of nitrogens with zero attached hydrogens (tertiary/aromatic N) is 2. The number of halogens is 1. The SMILES string of the molecule is CN=C(NCc1ccc(NC(=O)C(C)C)cc1)N1CCOC(c2ccccc2C)C1.I. The van der Waals surface area contributed by atoms with E-state index >= 15 is 0 Å². The van der Waals surface area contributed by atoms with Crippen LogP contribution in [0.15, 0.2) is 53.5 Å². The number of guanidine groups is 1. The van der Waals surface area contributed by atoms with Crippen LogP contribution in [0.1, 0.15) is 36.6 Å². The molecule has 3 rings (SSSR count). The topological polar surface area (TPSA) is 66.0 Å². The first kappa shape index (κ1) is 25.1. The number of carbonyl (C=O) groups is 1. The number of nitrogens with one attached hydrogen (secondary N) is 2. The van der Waals surface area contributed by atoms with Gasteiger partial charge in [-0.15, -0.1) is 24.0 Å². The van der Waals surface area contributed by atoms with E-state index in [1.165, 1.54) is 11.1 Å². The molecule has 2 aromatic rings. The molecule has 7 heteroatoms. The number of morpholine rings is 1. The molecule has 0 radical (unpaired) electrons. The van der Waals surface area contributed by atoms with Crippen LogP contribution in [0.25, 0.3) is 0 Å². The minimum atomic E-state index is -0.0355. The third-order valence-corrected chi connectivity index (χ3v) is 5.31. The summed E-state index contributed by atoms with van der Waals surface area (Å²) in [4.78, 5) is 18.5. The van der Waals surface area contributed by atoms with E-state index < -0.39 is 0 Å². The molecule has 0 spiro atoms. The van der Waals surface area contributed by atoms with E-state index in [4.69, 9.17) is 4.74 Å². The molecule has 1 aliphatic heterocycles. The van der Waals surface area contributed by atoms with Crippen molar-refractivity contribution in [1.29, 1.82) is 0 Å². The molecule has 1 fully saturated rings. The number of benzene rings is 2. The van der Waals surface area contributed by atoms with Gasteiger partial charge in [0.05, 0.1) is 13.2 Å². The summed E-state index contributed by atoms with van der Waals surface area (Å²) in [7, 11) is 1.81. The lowest BCUT2D eigenvalue weighted by molar-refractivity contribution is -0.118. The van der Waals surface area contributed by atoms with Crippen LogP contribution in [0.4, 0.5) is 5.69 Å². The predicted octanol–water partition coefficient (Wildman–Crippen LogP) is 4.36. The standard InChI is InChI=1S/C24H32N4O2.HI/c1-17(2)23(29)27-20-11-9-19(10-12-20)15-26-24(25-4)28-13-14-30-22(16-28)21-8-6-5-7-18(21)3;/h5-12,17,22H,13-16H2,1-4H3,(H,25,26)(H,27,29);1H. The summed E-state index contributed by atoms with van der Waals surface area (Å²) in [5.74, 6) is 0.859. The number of amides is 1. The Labute approximate surface area is 202 Å². The van der Waals surface area contributed by atoms with Crippen LogP contribution < -0.4 is 10.6 Å². The fraction of sp³-hybridized carbons (Fsp3) is 0.417. The average molecular weight is 536 g/mol. The van der Waals surface area contributed by atoms with Crippen LogP contribution in [0.5, 0.6) is 0 Å². The van der Waals surface area contributed by atoms with Gasteiger partial charge in [-0.1, -0.05) is 50.2 Å². The molecular formula is C24H33IN4O2. The van der Waals surface area contributed by atoms with Gasteiger partial charge in [0, 0.05) is 31.7 Å². The quantitative estimate of drug-likeness (QED) is 0.339. The number of hydrogen-bond donors (Lipinski definition) is 2. The molecule has 1 heterocycles. The second kappa shape index (κ2) is 12.0. The Morgan fingerprint density at radius 3 is 2.55 bits per heavy atom. The predicted molar refractivity (Wildman–Crippen MR) is 137 cm³/mol. The molecule has 2 N–H and O–H groups in total. The monoisotopic (exact) mass is 536 g/mol. The molecule has 0 aromatic heterocycles. The molecule has 1 aliphatic rings. The van der Waals surface area contributed by atoms with Crippen molar-refractivity contribution in [2.45, 2.75) is 33.4 Å². The van der Waals surface area contributed by atoms with Crippen molar-refractivity contribution in [2.75, 3.05) is 32.1 Å². The number of carbonyl (C=O) groups excluding carboxylic acids is 1. The number of rotatable bonds is 5. The molecule has 0 bridgehead atoms. The van der Waals surface area contributed by atoms with Gasteiger partial charge in [-0.05, 0) is 35.7 Å². The number of aliphatic imine (C=N–C) groups is 1. The summed E-state index contributed by atoms with van der Waals surface area (Å²) in [6.45, 7) is 8.80. The lowest BCUT2D eigenvalue weighted by Gasteiger charge is -2.35. The van der Waals surface area contributed by atoms with Crippen LogP contribution in [-0.2, 0) is 16.1 Å². The first-order chi connectivity index (χ1) is 14.5. The molecule has 1 unspecified atom stereocenters. The zero-order valence-corrected chi connectivity index (χ0v) is 21.1. The molecule has 2 aromatic carbocycles. The smallest absolute Gasteiger partial charge is 0.226 e. The molecule has 1 atom stereocenters. The van der Waals surface area contributed by atoms with Gasteiger partial charge in [0.1, 0.15) is 6.10 Å². The van der Waals surface area contributed by atoms with Crippen molar-refractivity contribution in [3.63, 3.8) is 0 Å². The summed E-state index contributed by atoms with van der Waals surface area (Å²) in [6.07, 6.45) is 0.0438. The average Bonchev–Trinajstić information content (AvgIpc) is 2.76. The fourth-order valence-corrected chi connectivity index (χ4v) is 3.48. The van der Waals surface area contributed by atoms with Crippen molar-refractivity contribution in [1.82, 2.24) is 10.2 Å². The highest BCUT2D eigenvalue weighted by Crippen LogP contribution is 2.25. The van der Waals surface area contributed by atoms with Gasteiger partial charge in [0.25, 0.3) is 0 Å². The molecule has 0 aliphatic carbocycles. The zero-order chi connectivity index (χ0) is 21.5. The van der Waals surface area contributed by atoms with E-state index in [1.54, 1.807) is 0 Å². The summed E-state index contributed by atoms with van der Waals surface area (Å²) >= 11 is 0. The lowest BCUT2D eigenvalue weighted by Crippen LogP contribution is -2.48. The fourth-order valence-electron chi connectivity index (χ4n) is 3.48. The van der Waals surface area contributed by atoms with E-state index in [0.717, 1.165) is 30.3 Å². The molecule has 1 saturated heterocycles. The van der Waals surface area contributed by atoms with Gasteiger partial charge in [-0.25, -0.2) is 0 Å². The van der Waals surface area contributed by atoms with E-state index in [0.29, 0.717) is 13.2 Å². The Balaban J connectivity index is 0.00000341. The van der Waals surface area contributed by atoms with Crippen molar-refractivity contribution in [2.24, 2.45) is 10.9 Å². The third-order valence-electron chi connectivity index (χ3n) is 5.31. The molecule has 1 amide bonds. The number of hydrogen-bond acceptors (Lipinski definition) is 3. The maximum atomic E-state index is 11.8. The highest BCUT2D eigenvalue weighted by molar-refractivity contribution is 14.0. The Bertz CT molecular complexity index is 883. The maximum Gasteiger partial charge on any atom is 0.226 e. The zero-order valence-electron chi connectivity index (χ0n) is 18.7. The molecular weight excluding hydrogens is 503 g/mol. The van der Waals surface area contributed by atoms with Crippen LogP contribution in [0.3, 0.4) is 0 Å². The van der Waals surface area contributed by atoms with Crippen molar-refractivity contribution in [3.8, 4) is 0 Å². The van der Waals surface area contributed by atoms with Crippen LogP contribution >= 0.6 is 24.0 Å². The lowest BCUT2D eigenvalue weighted by atomic mass is 10.0. The van der Waals surface area contributed by atoms with Gasteiger partial charge < -0.3 is 20.3 Å². The van der Waals surface area contributed by atoms with Crippen LogP contribution in [-0.4, -0.2) is 43.5 Å². The number of ether oxygens (including phenoxy) is 1. The van der Waals surface area contributed by atoms with Gasteiger partial charge in [0.15, 0.2) is 5.96 Å². The second-order valence-corrected chi connectivity index (χ2v) is 7.90. The minimum Gasteiger partial charge on any atom is -0.370 e. The normalized spacial score (nSPS) is 16.6. The Hall–Kier alpha value is -2.13. The van der Waals surface area contributed by atoms with Gasteiger partial charge >= 0.3 is 0 Å². The number of aryl methyl sites for hydroxylation is 1. The van der Waals surface area contributed by atoms with Crippen molar-refractivity contribution in [3.05, 3.63) is 65.2 Å². The highest BCUT2D eigenvalue weighted by atomic mass is 127. The van der Waals surface area contributed by atoms with E-state index in [2.05, 4.69) is 51.7 Å². The van der Waals surface area contributed by atoms with E-state index in [1.807, 2.05) is 45.2 Å². The largest absolute Gasteiger partial charge is 0.370 e. The summed E-state index contributed by atoms with van der Waals surface area (Å²) in [6, 6.07) is 16.3. The molecule has 168 valence electrons. The number of anilines is 1. The van der Waals surface area contributed by atoms with Crippen LogP contribution in [0.2, 0.25) is 0 Å². The molecule has 31 heavy (non-hydrogen) atoms. The van der Waals surface area contributed by atoms with Gasteiger partial charge in [-0.3, -0.25) is 9.79 Å².